The number of nitrogens with zero attached hydrogens (tertiary/aromatic N) is 3. The molecule has 5 rings (SSSR count). The molecule has 7 nitrogen and oxygen atoms in total. The summed E-state index contributed by atoms with van der Waals surface area (Å²) >= 11 is 2.84. The molecule has 3 heterocycles. The minimum atomic E-state index is -0.559. The Bertz CT molecular complexity index is 1250. The second-order valence-corrected chi connectivity index (χ2v) is 10.5. The van der Waals surface area contributed by atoms with Crippen molar-refractivity contribution in [3.8, 4) is 5.69 Å². The average Bonchev–Trinajstić information content (AvgIpc) is 3.29. The summed E-state index contributed by atoms with van der Waals surface area (Å²) in [6.45, 7) is 2.58. The molecule has 1 aliphatic heterocycles. The average molecular weight is 469 g/mol. The number of carbonyl (C=O) groups is 2. The molecule has 1 atom stereocenters. The van der Waals surface area contributed by atoms with Crippen LogP contribution in [0, 0.1) is 0 Å². The van der Waals surface area contributed by atoms with E-state index in [9.17, 15) is 14.4 Å². The summed E-state index contributed by atoms with van der Waals surface area (Å²) in [5.74, 6) is -0.277. The van der Waals surface area contributed by atoms with Gasteiger partial charge >= 0.3 is 6.03 Å². The van der Waals surface area contributed by atoms with Crippen molar-refractivity contribution < 1.29 is 9.59 Å². The molecule has 0 saturated carbocycles. The number of carbonyl (C=O) groups excluding carboxylic acids is 2. The second-order valence-electron chi connectivity index (χ2n) is 8.10. The molecule has 3 amide bonds. The van der Waals surface area contributed by atoms with Gasteiger partial charge in [-0.1, -0.05) is 36.4 Å². The number of benzene rings is 1. The predicted octanol–water partition coefficient (Wildman–Crippen LogP) is 3.75. The molecule has 2 aromatic heterocycles. The number of imide groups is 1. The summed E-state index contributed by atoms with van der Waals surface area (Å²) in [5.41, 5.74) is 1.79. The number of hydrogen-bond donors (Lipinski definition) is 1. The number of hydrogen-bond acceptors (Lipinski definition) is 6. The van der Waals surface area contributed by atoms with Gasteiger partial charge in [0, 0.05) is 18.0 Å². The van der Waals surface area contributed by atoms with E-state index in [4.69, 9.17) is 4.98 Å². The highest BCUT2D eigenvalue weighted by atomic mass is 32.2. The van der Waals surface area contributed by atoms with Gasteiger partial charge in [-0.3, -0.25) is 19.1 Å². The van der Waals surface area contributed by atoms with Crippen LogP contribution in [0.3, 0.4) is 0 Å². The fourth-order valence-electron chi connectivity index (χ4n) is 4.36. The molecule has 1 saturated heterocycles. The van der Waals surface area contributed by atoms with Crippen LogP contribution in [0.25, 0.3) is 15.9 Å². The first kappa shape index (κ1) is 21.2. The van der Waals surface area contributed by atoms with Gasteiger partial charge in [0.05, 0.1) is 16.3 Å². The van der Waals surface area contributed by atoms with Gasteiger partial charge in [-0.25, -0.2) is 9.78 Å². The number of thiophene rings is 1. The van der Waals surface area contributed by atoms with E-state index in [0.717, 1.165) is 47.2 Å². The van der Waals surface area contributed by atoms with E-state index in [1.54, 1.807) is 22.8 Å². The van der Waals surface area contributed by atoms with Crippen molar-refractivity contribution in [3.05, 3.63) is 51.1 Å². The monoisotopic (exact) mass is 468 g/mol. The van der Waals surface area contributed by atoms with Crippen LogP contribution in [0.4, 0.5) is 4.79 Å². The highest BCUT2D eigenvalue weighted by Crippen LogP contribution is 2.35. The lowest BCUT2D eigenvalue weighted by Crippen LogP contribution is -2.39. The minimum Gasteiger partial charge on any atom is -0.336 e. The lowest BCUT2D eigenvalue weighted by molar-refractivity contribution is -0.126. The van der Waals surface area contributed by atoms with Crippen LogP contribution in [0.1, 0.15) is 36.6 Å². The van der Waals surface area contributed by atoms with Gasteiger partial charge in [0.1, 0.15) is 4.83 Å². The normalized spacial score (nSPS) is 17.2. The quantitative estimate of drug-likeness (QED) is 0.358. The maximum atomic E-state index is 13.8. The molecule has 1 N–H and O–H groups in total. The standard InChI is InChI=1S/C23H24N4O3S2/c1-14(20(28)26-13-12-24-22(26)30)31-23-25-19-18(16-10-6-3-7-11-17(16)32-19)21(29)27(23)15-8-4-2-5-9-15/h2,4-5,8-9,14H,3,6-7,10-13H2,1H3,(H,24,30). The van der Waals surface area contributed by atoms with Crippen LogP contribution < -0.4 is 10.9 Å². The molecular weight excluding hydrogens is 444 g/mol. The third-order valence-electron chi connectivity index (χ3n) is 5.98. The van der Waals surface area contributed by atoms with Crippen LogP contribution in [-0.4, -0.2) is 44.7 Å². The topological polar surface area (TPSA) is 84.3 Å². The van der Waals surface area contributed by atoms with E-state index in [-0.39, 0.29) is 17.5 Å². The first-order chi connectivity index (χ1) is 15.5. The molecule has 1 fully saturated rings. The molecule has 166 valence electrons. The van der Waals surface area contributed by atoms with E-state index in [2.05, 4.69) is 5.32 Å². The van der Waals surface area contributed by atoms with Crippen LogP contribution in [0.2, 0.25) is 0 Å². The Morgan fingerprint density at radius 3 is 2.69 bits per heavy atom. The number of para-hydroxylation sites is 1. The van der Waals surface area contributed by atoms with Gasteiger partial charge < -0.3 is 5.32 Å². The number of aryl methyl sites for hydroxylation is 2. The Morgan fingerprint density at radius 1 is 1.16 bits per heavy atom. The van der Waals surface area contributed by atoms with Crippen molar-refractivity contribution in [1.29, 1.82) is 0 Å². The van der Waals surface area contributed by atoms with E-state index in [1.807, 2.05) is 30.3 Å². The Morgan fingerprint density at radius 2 is 1.94 bits per heavy atom. The highest BCUT2D eigenvalue weighted by Gasteiger charge is 2.31. The van der Waals surface area contributed by atoms with Crippen LogP contribution >= 0.6 is 23.1 Å². The summed E-state index contributed by atoms with van der Waals surface area (Å²) in [6, 6.07) is 9.07. The van der Waals surface area contributed by atoms with Crippen molar-refractivity contribution >= 4 is 45.3 Å². The Kier molecular flexibility index (Phi) is 5.77. The smallest absolute Gasteiger partial charge is 0.324 e. The first-order valence-corrected chi connectivity index (χ1v) is 12.6. The summed E-state index contributed by atoms with van der Waals surface area (Å²) in [5, 5.41) is 3.30. The number of urea groups is 1. The van der Waals surface area contributed by atoms with Crippen molar-refractivity contribution in [1.82, 2.24) is 19.8 Å². The van der Waals surface area contributed by atoms with Gasteiger partial charge in [-0.2, -0.15) is 0 Å². The maximum absolute atomic E-state index is 13.8. The molecule has 1 unspecified atom stereocenters. The summed E-state index contributed by atoms with van der Waals surface area (Å²) < 4.78 is 1.62. The van der Waals surface area contributed by atoms with Crippen molar-refractivity contribution in [3.63, 3.8) is 0 Å². The van der Waals surface area contributed by atoms with Crippen molar-refractivity contribution in [2.75, 3.05) is 13.1 Å². The van der Waals surface area contributed by atoms with Crippen LogP contribution in [0.15, 0.2) is 40.3 Å². The van der Waals surface area contributed by atoms with Gasteiger partial charge in [-0.05, 0) is 50.3 Å². The third-order valence-corrected chi connectivity index (χ3v) is 8.20. The zero-order valence-electron chi connectivity index (χ0n) is 17.8. The van der Waals surface area contributed by atoms with Crippen LogP contribution in [-0.2, 0) is 17.6 Å². The molecule has 9 heteroatoms. The fraction of sp³-hybridized carbons (Fsp3) is 0.391. The van der Waals surface area contributed by atoms with Gasteiger partial charge in [0.2, 0.25) is 5.91 Å². The largest absolute Gasteiger partial charge is 0.336 e. The Balaban J connectivity index is 1.62. The molecule has 0 radical (unpaired) electrons. The minimum absolute atomic E-state index is 0.0818. The van der Waals surface area contributed by atoms with E-state index >= 15 is 0 Å². The second kappa shape index (κ2) is 8.71. The predicted molar refractivity (Wildman–Crippen MR) is 127 cm³/mol. The molecule has 1 aliphatic carbocycles. The lowest BCUT2D eigenvalue weighted by Gasteiger charge is -2.19. The lowest BCUT2D eigenvalue weighted by atomic mass is 10.1. The number of amides is 3. The number of aromatic nitrogens is 2. The summed E-state index contributed by atoms with van der Waals surface area (Å²) in [7, 11) is 0. The molecular formula is C23H24N4O3S2. The number of rotatable bonds is 4. The summed E-state index contributed by atoms with van der Waals surface area (Å²) in [6.07, 6.45) is 5.30. The van der Waals surface area contributed by atoms with Crippen molar-refractivity contribution in [2.45, 2.75) is 49.4 Å². The molecule has 1 aromatic carbocycles. The molecule has 2 aliphatic rings. The molecule has 3 aromatic rings. The SMILES string of the molecule is CC(Sc1nc2sc3c(c2c(=O)n1-c1ccccc1)CCCCC3)C(=O)N1CCNC1=O. The van der Waals surface area contributed by atoms with E-state index < -0.39 is 5.25 Å². The molecule has 0 bridgehead atoms. The number of nitrogens with one attached hydrogen (secondary N) is 1. The Labute approximate surface area is 193 Å². The molecule has 0 spiro atoms. The van der Waals surface area contributed by atoms with Crippen molar-refractivity contribution in [2.24, 2.45) is 0 Å². The van der Waals surface area contributed by atoms with E-state index in [0.29, 0.717) is 18.2 Å². The first-order valence-electron chi connectivity index (χ1n) is 10.9. The zero-order valence-corrected chi connectivity index (χ0v) is 19.4. The third kappa shape index (κ3) is 3.73. The van der Waals surface area contributed by atoms with Gasteiger partial charge in [0.15, 0.2) is 5.16 Å². The zero-order chi connectivity index (χ0) is 22.2. The van der Waals surface area contributed by atoms with Gasteiger partial charge in [-0.15, -0.1) is 11.3 Å². The van der Waals surface area contributed by atoms with Gasteiger partial charge in [0.25, 0.3) is 5.56 Å². The number of thioether (sulfide) groups is 1. The summed E-state index contributed by atoms with van der Waals surface area (Å²) in [4.78, 5) is 46.8. The molecule has 32 heavy (non-hydrogen) atoms. The fourth-order valence-corrected chi connectivity index (χ4v) is 6.65. The van der Waals surface area contributed by atoms with Crippen LogP contribution in [0.5, 0.6) is 0 Å². The maximum Gasteiger partial charge on any atom is 0.324 e. The highest BCUT2D eigenvalue weighted by molar-refractivity contribution is 8.00. The number of fused-ring (bicyclic) bond motifs is 3. The van der Waals surface area contributed by atoms with E-state index in [1.165, 1.54) is 28.0 Å². The Hall–Kier alpha value is -2.65.